The van der Waals surface area contributed by atoms with Crippen LogP contribution in [-0.2, 0) is 17.6 Å². The van der Waals surface area contributed by atoms with Gasteiger partial charge in [0.1, 0.15) is 10.6 Å². The highest BCUT2D eigenvalue weighted by atomic mass is 32.2. The van der Waals surface area contributed by atoms with Crippen molar-refractivity contribution in [2.45, 2.75) is 57.7 Å². The van der Waals surface area contributed by atoms with Crippen LogP contribution < -0.4 is 15.6 Å². The number of carbonyl (C=O) groups excluding carboxylic acids is 1. The zero-order valence-electron chi connectivity index (χ0n) is 18.1. The lowest BCUT2D eigenvalue weighted by atomic mass is 10.2. The molecule has 1 aliphatic carbocycles. The molecular weight excluding hydrogens is 430 g/mol. The largest absolute Gasteiger partial charge is 0.494 e. The Bertz CT molecular complexity index is 1150. The van der Waals surface area contributed by atoms with Crippen LogP contribution in [0.2, 0.25) is 0 Å². The van der Waals surface area contributed by atoms with Crippen LogP contribution in [0.4, 0.5) is 0 Å². The molecule has 164 valence electrons. The fraction of sp³-hybridized carbons (Fsp3) is 0.435. The second-order valence-corrected chi connectivity index (χ2v) is 9.69. The number of rotatable bonds is 8. The highest BCUT2D eigenvalue weighted by molar-refractivity contribution is 7.99. The Morgan fingerprint density at radius 3 is 2.77 bits per heavy atom. The third-order valence-electron chi connectivity index (χ3n) is 5.47. The number of aromatic nitrogens is 2. The highest BCUT2D eigenvalue weighted by Crippen LogP contribution is 2.36. The zero-order chi connectivity index (χ0) is 22.0. The molecule has 0 aliphatic heterocycles. The average Bonchev–Trinajstić information content (AvgIpc) is 3.34. The van der Waals surface area contributed by atoms with E-state index in [2.05, 4.69) is 5.32 Å². The van der Waals surface area contributed by atoms with E-state index in [-0.39, 0.29) is 23.3 Å². The maximum atomic E-state index is 13.6. The number of carbonyl (C=O) groups is 1. The molecule has 2 aromatic heterocycles. The van der Waals surface area contributed by atoms with E-state index in [0.717, 1.165) is 52.9 Å². The van der Waals surface area contributed by atoms with Crippen molar-refractivity contribution < 1.29 is 9.53 Å². The fourth-order valence-electron chi connectivity index (χ4n) is 3.76. The number of aryl methyl sites for hydroxylation is 2. The van der Waals surface area contributed by atoms with E-state index in [9.17, 15) is 9.59 Å². The van der Waals surface area contributed by atoms with Gasteiger partial charge in [0, 0.05) is 10.9 Å². The number of hydrogen-bond acceptors (Lipinski definition) is 6. The van der Waals surface area contributed by atoms with Crippen LogP contribution in [0.5, 0.6) is 5.75 Å². The minimum absolute atomic E-state index is 0.0550. The van der Waals surface area contributed by atoms with Crippen LogP contribution in [0, 0.1) is 0 Å². The second-order valence-electron chi connectivity index (χ2n) is 7.66. The van der Waals surface area contributed by atoms with Gasteiger partial charge in [0.2, 0.25) is 5.91 Å². The molecule has 1 unspecified atom stereocenters. The number of fused-ring (bicyclic) bond motifs is 3. The minimum atomic E-state index is -0.0570. The lowest BCUT2D eigenvalue weighted by Crippen LogP contribution is -2.33. The van der Waals surface area contributed by atoms with Crippen molar-refractivity contribution in [1.29, 1.82) is 0 Å². The van der Waals surface area contributed by atoms with Gasteiger partial charge in [0.25, 0.3) is 5.56 Å². The number of nitrogens with one attached hydrogen (secondary N) is 1. The number of amides is 1. The van der Waals surface area contributed by atoms with E-state index in [1.165, 1.54) is 16.6 Å². The quantitative estimate of drug-likeness (QED) is 0.402. The second kappa shape index (κ2) is 9.44. The number of ether oxygens (including phenoxy) is 1. The standard InChI is InChI=1S/C23H27N3O3S2/c1-4-14(3)24-19(27)13-30-23-25-21-20(17-7-6-8-18(17)31-21)22(28)26(23)15-9-11-16(12-10-15)29-5-2/h9-12,14H,4-8,13H2,1-3H3,(H,24,27). The van der Waals surface area contributed by atoms with Crippen molar-refractivity contribution >= 4 is 39.2 Å². The first-order valence-electron chi connectivity index (χ1n) is 10.7. The van der Waals surface area contributed by atoms with Gasteiger partial charge in [-0.1, -0.05) is 18.7 Å². The van der Waals surface area contributed by atoms with Crippen molar-refractivity contribution in [2.24, 2.45) is 0 Å². The molecule has 1 amide bonds. The molecule has 0 fully saturated rings. The fourth-order valence-corrected chi connectivity index (χ4v) is 5.88. The highest BCUT2D eigenvalue weighted by Gasteiger charge is 2.24. The Morgan fingerprint density at radius 1 is 1.29 bits per heavy atom. The molecule has 1 atom stereocenters. The summed E-state index contributed by atoms with van der Waals surface area (Å²) in [4.78, 5) is 32.9. The van der Waals surface area contributed by atoms with Crippen molar-refractivity contribution in [3.05, 3.63) is 45.1 Å². The summed E-state index contributed by atoms with van der Waals surface area (Å²) in [7, 11) is 0. The molecule has 31 heavy (non-hydrogen) atoms. The average molecular weight is 458 g/mol. The van der Waals surface area contributed by atoms with Crippen molar-refractivity contribution in [3.63, 3.8) is 0 Å². The lowest BCUT2D eigenvalue weighted by molar-refractivity contribution is -0.119. The summed E-state index contributed by atoms with van der Waals surface area (Å²) in [6.07, 6.45) is 3.90. The molecule has 1 N–H and O–H groups in total. The van der Waals surface area contributed by atoms with E-state index in [1.54, 1.807) is 15.9 Å². The van der Waals surface area contributed by atoms with E-state index < -0.39 is 0 Å². The van der Waals surface area contributed by atoms with Crippen LogP contribution in [0.1, 0.15) is 44.1 Å². The third kappa shape index (κ3) is 4.50. The summed E-state index contributed by atoms with van der Waals surface area (Å²) in [5.74, 6) is 0.914. The molecule has 1 aliphatic rings. The van der Waals surface area contributed by atoms with Crippen LogP contribution in [0.25, 0.3) is 15.9 Å². The van der Waals surface area contributed by atoms with E-state index in [1.807, 2.05) is 45.0 Å². The molecule has 8 heteroatoms. The van der Waals surface area contributed by atoms with Crippen molar-refractivity contribution in [1.82, 2.24) is 14.9 Å². The maximum Gasteiger partial charge on any atom is 0.267 e. The summed E-state index contributed by atoms with van der Waals surface area (Å²) in [6, 6.07) is 7.58. The topological polar surface area (TPSA) is 73.2 Å². The number of benzene rings is 1. The third-order valence-corrected chi connectivity index (χ3v) is 7.59. The van der Waals surface area contributed by atoms with Crippen LogP contribution in [-0.4, -0.2) is 33.9 Å². The van der Waals surface area contributed by atoms with Gasteiger partial charge >= 0.3 is 0 Å². The number of nitrogens with zero attached hydrogens (tertiary/aromatic N) is 2. The number of thiophene rings is 1. The monoisotopic (exact) mass is 457 g/mol. The molecule has 3 aromatic rings. The van der Waals surface area contributed by atoms with Gasteiger partial charge in [-0.15, -0.1) is 11.3 Å². The molecule has 1 aromatic carbocycles. The summed E-state index contributed by atoms with van der Waals surface area (Å²) in [6.45, 7) is 6.54. The number of thioether (sulfide) groups is 1. The molecule has 0 saturated carbocycles. The van der Waals surface area contributed by atoms with Gasteiger partial charge in [-0.3, -0.25) is 14.2 Å². The predicted octanol–water partition coefficient (Wildman–Crippen LogP) is 4.34. The summed E-state index contributed by atoms with van der Waals surface area (Å²) < 4.78 is 7.19. The first-order valence-corrected chi connectivity index (χ1v) is 12.5. The lowest BCUT2D eigenvalue weighted by Gasteiger charge is -2.14. The Labute approximate surface area is 190 Å². The van der Waals surface area contributed by atoms with E-state index >= 15 is 0 Å². The predicted molar refractivity (Wildman–Crippen MR) is 127 cm³/mol. The Hall–Kier alpha value is -2.32. The van der Waals surface area contributed by atoms with Crippen LogP contribution in [0.3, 0.4) is 0 Å². The number of hydrogen-bond donors (Lipinski definition) is 1. The van der Waals surface area contributed by atoms with Gasteiger partial charge in [0.05, 0.1) is 23.4 Å². The van der Waals surface area contributed by atoms with E-state index in [0.29, 0.717) is 11.8 Å². The molecule has 0 bridgehead atoms. The van der Waals surface area contributed by atoms with Gasteiger partial charge in [0.15, 0.2) is 5.16 Å². The zero-order valence-corrected chi connectivity index (χ0v) is 19.7. The minimum Gasteiger partial charge on any atom is -0.494 e. The van der Waals surface area contributed by atoms with Crippen molar-refractivity contribution in [3.8, 4) is 11.4 Å². The summed E-state index contributed by atoms with van der Waals surface area (Å²) in [5.41, 5.74) is 1.83. The van der Waals surface area contributed by atoms with Gasteiger partial charge < -0.3 is 10.1 Å². The Balaban J connectivity index is 1.75. The first kappa shape index (κ1) is 21.9. The van der Waals surface area contributed by atoms with E-state index in [4.69, 9.17) is 9.72 Å². The summed E-state index contributed by atoms with van der Waals surface area (Å²) in [5, 5.41) is 4.25. The molecule has 0 spiro atoms. The van der Waals surface area contributed by atoms with Crippen LogP contribution >= 0.6 is 23.1 Å². The maximum absolute atomic E-state index is 13.6. The Kier molecular flexibility index (Phi) is 6.67. The SMILES string of the molecule is CCOc1ccc(-n2c(SCC(=O)NC(C)CC)nc3sc4c(c3c2=O)CCC4)cc1. The van der Waals surface area contributed by atoms with Gasteiger partial charge in [-0.2, -0.15) is 0 Å². The molecular formula is C23H27N3O3S2. The molecule has 4 rings (SSSR count). The first-order chi connectivity index (χ1) is 15.0. The van der Waals surface area contributed by atoms with Crippen molar-refractivity contribution in [2.75, 3.05) is 12.4 Å². The molecule has 2 heterocycles. The van der Waals surface area contributed by atoms with Gasteiger partial charge in [-0.25, -0.2) is 4.98 Å². The van der Waals surface area contributed by atoms with Crippen LogP contribution in [0.15, 0.2) is 34.2 Å². The van der Waals surface area contributed by atoms with Gasteiger partial charge in [-0.05, 0) is 69.4 Å². The summed E-state index contributed by atoms with van der Waals surface area (Å²) >= 11 is 2.92. The normalized spacial score (nSPS) is 13.9. The molecule has 0 radical (unpaired) electrons. The molecule has 6 nitrogen and oxygen atoms in total. The molecule has 0 saturated heterocycles. The Morgan fingerprint density at radius 2 is 2.06 bits per heavy atom. The smallest absolute Gasteiger partial charge is 0.267 e.